The zero-order chi connectivity index (χ0) is 19.9. The molecular formula is C19H15ClF2N4O2. The number of carbonyl (C=O) groups is 1. The zero-order valence-electron chi connectivity index (χ0n) is 14.4. The highest BCUT2D eigenvalue weighted by atomic mass is 35.5. The van der Waals surface area contributed by atoms with Crippen LogP contribution in [-0.2, 0) is 6.54 Å². The molecule has 3 rings (SSSR count). The normalized spacial score (nSPS) is 10.6. The van der Waals surface area contributed by atoms with Gasteiger partial charge in [-0.05, 0) is 42.5 Å². The highest BCUT2D eigenvalue weighted by Gasteiger charge is 2.08. The number of halogens is 3. The summed E-state index contributed by atoms with van der Waals surface area (Å²) >= 11 is 5.89. The lowest BCUT2D eigenvalue weighted by atomic mass is 10.2. The Morgan fingerprint density at radius 3 is 2.61 bits per heavy atom. The molecule has 6 nitrogen and oxygen atoms in total. The minimum Gasteiger partial charge on any atom is -0.433 e. The molecular weight excluding hydrogens is 390 g/mol. The van der Waals surface area contributed by atoms with Crippen LogP contribution in [0.1, 0.15) is 16.1 Å². The summed E-state index contributed by atoms with van der Waals surface area (Å²) in [5, 5.41) is 6.29. The van der Waals surface area contributed by atoms with Crippen LogP contribution in [0.4, 0.5) is 20.3 Å². The Morgan fingerprint density at radius 2 is 1.96 bits per heavy atom. The first-order chi connectivity index (χ1) is 13.5. The summed E-state index contributed by atoms with van der Waals surface area (Å²) in [6, 6.07) is 13.1. The average molecular weight is 405 g/mol. The third-order valence-corrected chi connectivity index (χ3v) is 3.82. The van der Waals surface area contributed by atoms with Crippen LogP contribution in [0.3, 0.4) is 0 Å². The summed E-state index contributed by atoms with van der Waals surface area (Å²) in [7, 11) is 0. The van der Waals surface area contributed by atoms with Gasteiger partial charge in [0.05, 0.1) is 24.0 Å². The van der Waals surface area contributed by atoms with Crippen molar-refractivity contribution in [2.45, 2.75) is 13.2 Å². The van der Waals surface area contributed by atoms with Gasteiger partial charge in [-0.1, -0.05) is 17.7 Å². The number of ether oxygens (including phenoxy) is 1. The van der Waals surface area contributed by atoms with E-state index in [1.165, 1.54) is 18.5 Å². The SMILES string of the molecule is O=C(Nc1cccc(Cl)c1)c1ccc(NCc2ccc(OC(F)F)cn2)nc1. The van der Waals surface area contributed by atoms with Crippen LogP contribution in [0.2, 0.25) is 5.02 Å². The molecule has 0 fully saturated rings. The van der Waals surface area contributed by atoms with E-state index in [4.69, 9.17) is 11.6 Å². The van der Waals surface area contributed by atoms with E-state index in [0.29, 0.717) is 34.3 Å². The highest BCUT2D eigenvalue weighted by molar-refractivity contribution is 6.30. The summed E-state index contributed by atoms with van der Waals surface area (Å²) < 4.78 is 28.5. The smallest absolute Gasteiger partial charge is 0.387 e. The second-order valence-corrected chi connectivity index (χ2v) is 6.05. The molecule has 144 valence electrons. The number of amides is 1. The molecule has 2 aromatic heterocycles. The molecule has 1 aromatic carbocycles. The molecule has 0 bridgehead atoms. The van der Waals surface area contributed by atoms with Crippen molar-refractivity contribution >= 4 is 29.0 Å². The lowest BCUT2D eigenvalue weighted by Crippen LogP contribution is -2.12. The standard InChI is InChI=1S/C19H15ClF2N4O2/c20-13-2-1-3-14(8-13)26-18(27)12-4-7-17(24-9-12)25-10-15-5-6-16(11-23-15)28-19(21)22/h1-9,11,19H,10H2,(H,24,25)(H,26,27). The maximum atomic E-state index is 12.2. The highest BCUT2D eigenvalue weighted by Crippen LogP contribution is 2.17. The number of pyridine rings is 2. The molecule has 0 saturated heterocycles. The van der Waals surface area contributed by atoms with E-state index in [2.05, 4.69) is 25.3 Å². The van der Waals surface area contributed by atoms with Gasteiger partial charge in [0.2, 0.25) is 0 Å². The number of alkyl halides is 2. The molecule has 3 aromatic rings. The fourth-order valence-electron chi connectivity index (χ4n) is 2.27. The number of carbonyl (C=O) groups excluding carboxylic acids is 1. The van der Waals surface area contributed by atoms with E-state index in [1.807, 2.05) is 0 Å². The van der Waals surface area contributed by atoms with Gasteiger partial charge in [0.25, 0.3) is 5.91 Å². The Labute approximate surface area is 164 Å². The van der Waals surface area contributed by atoms with Crippen molar-refractivity contribution in [1.29, 1.82) is 0 Å². The average Bonchev–Trinajstić information content (AvgIpc) is 2.67. The fourth-order valence-corrected chi connectivity index (χ4v) is 2.46. The van der Waals surface area contributed by atoms with Gasteiger partial charge in [0.15, 0.2) is 0 Å². The van der Waals surface area contributed by atoms with Gasteiger partial charge in [0.1, 0.15) is 11.6 Å². The van der Waals surface area contributed by atoms with Crippen molar-refractivity contribution in [1.82, 2.24) is 9.97 Å². The van der Waals surface area contributed by atoms with Gasteiger partial charge >= 0.3 is 6.61 Å². The first-order valence-electron chi connectivity index (χ1n) is 8.16. The van der Waals surface area contributed by atoms with E-state index in [0.717, 1.165) is 0 Å². The second-order valence-electron chi connectivity index (χ2n) is 5.61. The quantitative estimate of drug-likeness (QED) is 0.602. The van der Waals surface area contributed by atoms with Gasteiger partial charge in [-0.3, -0.25) is 9.78 Å². The Balaban J connectivity index is 1.54. The molecule has 0 aliphatic rings. The van der Waals surface area contributed by atoms with Crippen LogP contribution in [0.15, 0.2) is 60.9 Å². The Bertz CT molecular complexity index is 937. The number of hydrogen-bond acceptors (Lipinski definition) is 5. The molecule has 0 atom stereocenters. The molecule has 2 heterocycles. The number of rotatable bonds is 7. The zero-order valence-corrected chi connectivity index (χ0v) is 15.2. The molecule has 0 aliphatic heterocycles. The van der Waals surface area contributed by atoms with Crippen LogP contribution < -0.4 is 15.4 Å². The van der Waals surface area contributed by atoms with Gasteiger partial charge in [-0.15, -0.1) is 0 Å². The van der Waals surface area contributed by atoms with Crippen LogP contribution in [0.5, 0.6) is 5.75 Å². The minimum atomic E-state index is -2.88. The Hall–Kier alpha value is -3.26. The summed E-state index contributed by atoms with van der Waals surface area (Å²) in [4.78, 5) is 20.4. The number of anilines is 2. The van der Waals surface area contributed by atoms with Gasteiger partial charge in [-0.2, -0.15) is 8.78 Å². The molecule has 0 aliphatic carbocycles. The number of hydrogen-bond donors (Lipinski definition) is 2. The van der Waals surface area contributed by atoms with Crippen molar-refractivity contribution in [2.75, 3.05) is 10.6 Å². The van der Waals surface area contributed by atoms with E-state index in [1.54, 1.807) is 42.5 Å². The molecule has 0 unspecified atom stereocenters. The third-order valence-electron chi connectivity index (χ3n) is 3.58. The number of aromatic nitrogens is 2. The van der Waals surface area contributed by atoms with Crippen LogP contribution in [0.25, 0.3) is 0 Å². The number of benzene rings is 1. The largest absolute Gasteiger partial charge is 0.433 e. The Kier molecular flexibility index (Phi) is 6.33. The monoisotopic (exact) mass is 404 g/mol. The van der Waals surface area contributed by atoms with Crippen molar-refractivity contribution in [2.24, 2.45) is 0 Å². The molecule has 0 radical (unpaired) electrons. The number of nitrogens with one attached hydrogen (secondary N) is 2. The van der Waals surface area contributed by atoms with E-state index < -0.39 is 6.61 Å². The summed E-state index contributed by atoms with van der Waals surface area (Å²) in [5.41, 5.74) is 1.59. The fraction of sp³-hybridized carbons (Fsp3) is 0.105. The van der Waals surface area contributed by atoms with Crippen molar-refractivity contribution in [3.8, 4) is 5.75 Å². The van der Waals surface area contributed by atoms with E-state index in [-0.39, 0.29) is 11.7 Å². The van der Waals surface area contributed by atoms with Crippen molar-refractivity contribution in [3.63, 3.8) is 0 Å². The predicted molar refractivity (Wildman–Crippen MR) is 102 cm³/mol. The second kappa shape index (κ2) is 9.09. The van der Waals surface area contributed by atoms with Crippen LogP contribution in [-0.4, -0.2) is 22.5 Å². The first-order valence-corrected chi connectivity index (χ1v) is 8.54. The summed E-state index contributed by atoms with van der Waals surface area (Å²) in [6.45, 7) is -2.56. The summed E-state index contributed by atoms with van der Waals surface area (Å²) in [6.07, 6.45) is 2.66. The van der Waals surface area contributed by atoms with Gasteiger partial charge in [0, 0.05) is 16.9 Å². The third kappa shape index (κ3) is 5.62. The number of nitrogens with zero attached hydrogens (tertiary/aromatic N) is 2. The van der Waals surface area contributed by atoms with Crippen molar-refractivity contribution < 1.29 is 18.3 Å². The lowest BCUT2D eigenvalue weighted by Gasteiger charge is -2.08. The molecule has 0 saturated carbocycles. The molecule has 0 spiro atoms. The maximum Gasteiger partial charge on any atom is 0.387 e. The van der Waals surface area contributed by atoms with Crippen molar-refractivity contribution in [3.05, 3.63) is 77.2 Å². The topological polar surface area (TPSA) is 76.1 Å². The van der Waals surface area contributed by atoms with E-state index in [9.17, 15) is 13.6 Å². The molecule has 2 N–H and O–H groups in total. The Morgan fingerprint density at radius 1 is 1.11 bits per heavy atom. The lowest BCUT2D eigenvalue weighted by molar-refractivity contribution is -0.0500. The van der Waals surface area contributed by atoms with Gasteiger partial charge in [-0.25, -0.2) is 4.98 Å². The molecule has 1 amide bonds. The maximum absolute atomic E-state index is 12.2. The van der Waals surface area contributed by atoms with Gasteiger partial charge < -0.3 is 15.4 Å². The predicted octanol–water partition coefficient (Wildman–Crippen LogP) is 4.60. The molecule has 9 heteroatoms. The summed E-state index contributed by atoms with van der Waals surface area (Å²) in [5.74, 6) is 0.221. The first kappa shape index (κ1) is 19.5. The van der Waals surface area contributed by atoms with E-state index >= 15 is 0 Å². The minimum absolute atomic E-state index is 0.00746. The van der Waals surface area contributed by atoms with Crippen LogP contribution in [0, 0.1) is 0 Å². The van der Waals surface area contributed by atoms with Crippen LogP contribution >= 0.6 is 11.6 Å². The molecule has 28 heavy (non-hydrogen) atoms.